The molecule has 2 rings (SSSR count). The van der Waals surface area contributed by atoms with Gasteiger partial charge in [-0.15, -0.1) is 0 Å². The molecular weight excluding hydrogens is 396 g/mol. The van der Waals surface area contributed by atoms with Crippen LogP contribution in [0, 0.1) is 27.7 Å². The Labute approximate surface area is 181 Å². The van der Waals surface area contributed by atoms with Crippen LogP contribution in [0.25, 0.3) is 0 Å². The predicted octanol–water partition coefficient (Wildman–Crippen LogP) is 4.73. The van der Waals surface area contributed by atoms with Gasteiger partial charge in [0.2, 0.25) is 15.9 Å². The molecule has 2 aromatic carbocycles. The van der Waals surface area contributed by atoms with Crippen LogP contribution in [0.1, 0.15) is 60.5 Å². The van der Waals surface area contributed by atoms with E-state index in [1.807, 2.05) is 58.9 Å². The Morgan fingerprint density at radius 1 is 0.933 bits per heavy atom. The van der Waals surface area contributed by atoms with Crippen molar-refractivity contribution in [3.63, 3.8) is 0 Å². The summed E-state index contributed by atoms with van der Waals surface area (Å²) in [7, 11) is -3.65. The number of anilines is 1. The van der Waals surface area contributed by atoms with E-state index in [1.165, 1.54) is 15.4 Å². The maximum Gasteiger partial charge on any atom is 0.244 e. The third kappa shape index (κ3) is 5.63. The largest absolute Gasteiger partial charge is 0.347 e. The van der Waals surface area contributed by atoms with Gasteiger partial charge in [0.1, 0.15) is 6.04 Å². The molecule has 5 nitrogen and oxygen atoms in total. The van der Waals surface area contributed by atoms with Crippen molar-refractivity contribution in [1.82, 2.24) is 5.32 Å². The van der Waals surface area contributed by atoms with Gasteiger partial charge in [-0.3, -0.25) is 9.10 Å². The fourth-order valence-corrected chi connectivity index (χ4v) is 5.00. The molecule has 6 heteroatoms. The monoisotopic (exact) mass is 430 g/mol. The Balaban J connectivity index is 2.40. The van der Waals surface area contributed by atoms with Crippen molar-refractivity contribution in [2.24, 2.45) is 0 Å². The molecular formula is C24H34N2O3S. The molecule has 0 aliphatic heterocycles. The number of hydrogen-bond donors (Lipinski definition) is 1. The molecule has 0 spiro atoms. The standard InChI is InChI=1S/C24H34N2O3S/c1-8-22(20-11-10-18(5)19(6)15-20)25-24(27)23(9-2)26(30(7,28)29)21-13-16(3)12-17(4)14-21/h10-15,22-23H,8-9H2,1-7H3,(H,25,27)/t22-,23+/m0/s1. The van der Waals surface area contributed by atoms with Crippen LogP contribution < -0.4 is 9.62 Å². The maximum atomic E-state index is 13.3. The van der Waals surface area contributed by atoms with E-state index in [4.69, 9.17) is 0 Å². The van der Waals surface area contributed by atoms with E-state index in [2.05, 4.69) is 24.4 Å². The molecule has 0 saturated heterocycles. The van der Waals surface area contributed by atoms with Crippen LogP contribution in [0.15, 0.2) is 36.4 Å². The number of carbonyl (C=O) groups is 1. The molecule has 2 atom stereocenters. The molecule has 164 valence electrons. The molecule has 0 aliphatic rings. The molecule has 30 heavy (non-hydrogen) atoms. The summed E-state index contributed by atoms with van der Waals surface area (Å²) in [5, 5.41) is 3.09. The van der Waals surface area contributed by atoms with Gasteiger partial charge in [-0.2, -0.15) is 0 Å². The zero-order chi connectivity index (χ0) is 22.6. The second-order valence-corrected chi connectivity index (χ2v) is 10.0. The number of hydrogen-bond acceptors (Lipinski definition) is 3. The minimum absolute atomic E-state index is 0.175. The van der Waals surface area contributed by atoms with E-state index >= 15 is 0 Å². The lowest BCUT2D eigenvalue weighted by molar-refractivity contribution is -0.123. The van der Waals surface area contributed by atoms with Crippen LogP contribution in [0.4, 0.5) is 5.69 Å². The van der Waals surface area contributed by atoms with Crippen molar-refractivity contribution in [3.8, 4) is 0 Å². The Morgan fingerprint density at radius 2 is 1.53 bits per heavy atom. The number of benzene rings is 2. The smallest absolute Gasteiger partial charge is 0.244 e. The van der Waals surface area contributed by atoms with E-state index in [0.29, 0.717) is 18.5 Å². The first-order chi connectivity index (χ1) is 14.0. The SMILES string of the molecule is CC[C@H](NC(=O)[C@@H](CC)N(c1cc(C)cc(C)c1)S(C)(=O)=O)c1ccc(C)c(C)c1. The molecule has 0 saturated carbocycles. The van der Waals surface area contributed by atoms with Gasteiger partial charge in [-0.25, -0.2) is 8.42 Å². The minimum atomic E-state index is -3.65. The zero-order valence-corrected chi connectivity index (χ0v) is 19.9. The molecule has 1 N–H and O–H groups in total. The third-order valence-corrected chi connectivity index (χ3v) is 6.63. The summed E-state index contributed by atoms with van der Waals surface area (Å²) in [5.41, 5.74) is 5.83. The first-order valence-corrected chi connectivity index (χ1v) is 12.3. The van der Waals surface area contributed by atoms with Gasteiger partial charge >= 0.3 is 0 Å². The van der Waals surface area contributed by atoms with Gasteiger partial charge in [0.05, 0.1) is 18.0 Å². The number of nitrogens with one attached hydrogen (secondary N) is 1. The number of carbonyl (C=O) groups excluding carboxylic acids is 1. The summed E-state index contributed by atoms with van der Waals surface area (Å²) < 4.78 is 26.7. The van der Waals surface area contributed by atoms with Gasteiger partial charge < -0.3 is 5.32 Å². The number of aryl methyl sites for hydroxylation is 4. The van der Waals surface area contributed by atoms with Gasteiger partial charge in [-0.1, -0.05) is 38.1 Å². The third-order valence-electron chi connectivity index (χ3n) is 5.45. The zero-order valence-electron chi connectivity index (χ0n) is 19.1. The summed E-state index contributed by atoms with van der Waals surface area (Å²) in [6.45, 7) is 11.8. The second-order valence-electron chi connectivity index (χ2n) is 8.14. The molecule has 0 aromatic heterocycles. The number of nitrogens with zero attached hydrogens (tertiary/aromatic N) is 1. The molecule has 0 radical (unpaired) electrons. The van der Waals surface area contributed by atoms with Crippen LogP contribution in [0.2, 0.25) is 0 Å². The maximum absolute atomic E-state index is 13.3. The van der Waals surface area contributed by atoms with Gasteiger partial charge in [0, 0.05) is 0 Å². The molecule has 0 bridgehead atoms. The topological polar surface area (TPSA) is 66.5 Å². The van der Waals surface area contributed by atoms with E-state index in [1.54, 1.807) is 0 Å². The van der Waals surface area contributed by atoms with Crippen molar-refractivity contribution >= 4 is 21.6 Å². The van der Waals surface area contributed by atoms with Crippen LogP contribution in [-0.4, -0.2) is 26.6 Å². The highest BCUT2D eigenvalue weighted by molar-refractivity contribution is 7.92. The normalized spacial score (nSPS) is 13.6. The predicted molar refractivity (Wildman–Crippen MR) is 124 cm³/mol. The van der Waals surface area contributed by atoms with Crippen molar-refractivity contribution < 1.29 is 13.2 Å². The molecule has 0 fully saturated rings. The number of rotatable bonds is 8. The van der Waals surface area contributed by atoms with Crippen molar-refractivity contribution in [3.05, 3.63) is 64.2 Å². The number of sulfonamides is 1. The average molecular weight is 431 g/mol. The Kier molecular flexibility index (Phi) is 7.70. The molecule has 2 aromatic rings. The Morgan fingerprint density at radius 3 is 2.00 bits per heavy atom. The summed E-state index contributed by atoms with van der Waals surface area (Å²) in [6, 6.07) is 10.8. The van der Waals surface area contributed by atoms with E-state index < -0.39 is 16.1 Å². The van der Waals surface area contributed by atoms with Crippen molar-refractivity contribution in [2.75, 3.05) is 10.6 Å². The van der Waals surface area contributed by atoms with E-state index in [0.717, 1.165) is 22.9 Å². The summed E-state index contributed by atoms with van der Waals surface area (Å²) in [6.07, 6.45) is 2.24. The quantitative estimate of drug-likeness (QED) is 0.658. The number of amides is 1. The lowest BCUT2D eigenvalue weighted by atomic mass is 9.99. The van der Waals surface area contributed by atoms with Crippen molar-refractivity contribution in [2.45, 2.75) is 66.5 Å². The van der Waals surface area contributed by atoms with Crippen LogP contribution >= 0.6 is 0 Å². The van der Waals surface area contributed by atoms with Gasteiger partial charge in [0.25, 0.3) is 0 Å². The fourth-order valence-electron chi connectivity index (χ4n) is 3.81. The molecule has 0 heterocycles. The molecule has 0 unspecified atom stereocenters. The van der Waals surface area contributed by atoms with Crippen LogP contribution in [0.3, 0.4) is 0 Å². The highest BCUT2D eigenvalue weighted by atomic mass is 32.2. The highest BCUT2D eigenvalue weighted by Gasteiger charge is 2.32. The first-order valence-electron chi connectivity index (χ1n) is 10.4. The minimum Gasteiger partial charge on any atom is -0.347 e. The fraction of sp³-hybridized carbons (Fsp3) is 0.458. The van der Waals surface area contributed by atoms with Crippen LogP contribution in [0.5, 0.6) is 0 Å². The van der Waals surface area contributed by atoms with Crippen LogP contribution in [-0.2, 0) is 14.8 Å². The highest BCUT2D eigenvalue weighted by Crippen LogP contribution is 2.26. The van der Waals surface area contributed by atoms with E-state index in [9.17, 15) is 13.2 Å². The lowest BCUT2D eigenvalue weighted by Gasteiger charge is -2.32. The van der Waals surface area contributed by atoms with Crippen molar-refractivity contribution in [1.29, 1.82) is 0 Å². The first kappa shape index (κ1) is 23.9. The Bertz CT molecular complexity index is 995. The molecule has 0 aliphatic carbocycles. The second kappa shape index (κ2) is 9.65. The van der Waals surface area contributed by atoms with Gasteiger partial charge in [-0.05, 0) is 80.5 Å². The lowest BCUT2D eigenvalue weighted by Crippen LogP contribution is -2.50. The average Bonchev–Trinajstić information content (AvgIpc) is 2.64. The summed E-state index contributed by atoms with van der Waals surface area (Å²) in [4.78, 5) is 13.3. The molecule has 1 amide bonds. The Hall–Kier alpha value is -2.34. The van der Waals surface area contributed by atoms with Gasteiger partial charge in [0.15, 0.2) is 0 Å². The summed E-state index contributed by atoms with van der Waals surface area (Å²) in [5.74, 6) is -0.285. The van der Waals surface area contributed by atoms with E-state index in [-0.39, 0.29) is 11.9 Å². The summed E-state index contributed by atoms with van der Waals surface area (Å²) >= 11 is 0.